The zero-order valence-corrected chi connectivity index (χ0v) is 31.4. The smallest absolute Gasteiger partial charge is 0.269 e. The lowest BCUT2D eigenvalue weighted by Crippen LogP contribution is -2.59. The van der Waals surface area contributed by atoms with Gasteiger partial charge in [-0.3, -0.25) is 39.1 Å². The number of nitro groups is 1. The van der Waals surface area contributed by atoms with E-state index in [0.29, 0.717) is 11.1 Å². The average Bonchev–Trinajstić information content (AvgIpc) is 3.16. The Morgan fingerprint density at radius 3 is 1.80 bits per heavy atom. The fourth-order valence-corrected chi connectivity index (χ4v) is 5.32. The molecular weight excluding hydrogens is 724 g/mol. The predicted molar refractivity (Wildman–Crippen MR) is 210 cm³/mol. The molecule has 3 aromatic carbocycles. The summed E-state index contributed by atoms with van der Waals surface area (Å²) in [7, 11) is 0. The molecule has 0 aliphatic rings. The van der Waals surface area contributed by atoms with Crippen LogP contribution in [0.5, 0.6) is 5.75 Å². The zero-order valence-electron chi connectivity index (χ0n) is 31.4. The SMILES string of the molecule is CC(C)[C@H](N)C(=O)N[C@@H](Cc1ccc(O)cc1)C(=O)N[C@@H](Cc1ccccc1)C(=O)N[C@@H](C)C(=O)N[C@@H](CCCN=C(N)N)C(=O)Nc1ccc([N+](=O)[O-])cc1. The lowest BCUT2D eigenvalue weighted by Gasteiger charge is -2.26. The highest BCUT2D eigenvalue weighted by molar-refractivity contribution is 5.99. The maximum atomic E-state index is 13.9. The number of hydrogen-bond acceptors (Lipinski definition) is 10. The van der Waals surface area contributed by atoms with Crippen molar-refractivity contribution in [3.05, 3.63) is 100 Å². The van der Waals surface area contributed by atoms with E-state index in [2.05, 4.69) is 31.6 Å². The van der Waals surface area contributed by atoms with Gasteiger partial charge in [0.1, 0.15) is 29.9 Å². The van der Waals surface area contributed by atoms with Crippen LogP contribution in [0.2, 0.25) is 0 Å². The molecule has 0 aliphatic heterocycles. The number of hydrogen-bond donors (Lipinski definition) is 9. The number of amides is 5. The molecule has 3 aromatic rings. The first-order chi connectivity index (χ1) is 26.5. The van der Waals surface area contributed by atoms with Crippen LogP contribution in [0.25, 0.3) is 0 Å². The molecule has 0 fully saturated rings. The van der Waals surface area contributed by atoms with E-state index in [-0.39, 0.29) is 61.2 Å². The monoisotopic (exact) mass is 774 g/mol. The molecule has 12 N–H and O–H groups in total. The fourth-order valence-electron chi connectivity index (χ4n) is 5.32. The third-order valence-electron chi connectivity index (χ3n) is 8.62. The van der Waals surface area contributed by atoms with Crippen LogP contribution in [0.3, 0.4) is 0 Å². The second kappa shape index (κ2) is 21.4. The number of aromatic hydroxyl groups is 1. The van der Waals surface area contributed by atoms with Gasteiger partial charge in [-0.15, -0.1) is 0 Å². The second-order valence-corrected chi connectivity index (χ2v) is 13.5. The lowest BCUT2D eigenvalue weighted by atomic mass is 10.0. The normalized spacial score (nSPS) is 13.5. The molecule has 18 heteroatoms. The van der Waals surface area contributed by atoms with Gasteiger partial charge in [0.05, 0.1) is 11.0 Å². The van der Waals surface area contributed by atoms with Crippen molar-refractivity contribution in [3.63, 3.8) is 0 Å². The Bertz CT molecular complexity index is 1840. The van der Waals surface area contributed by atoms with Crippen LogP contribution in [-0.4, -0.2) is 82.3 Å². The Morgan fingerprint density at radius 1 is 0.714 bits per heavy atom. The van der Waals surface area contributed by atoms with Crippen molar-refractivity contribution in [2.24, 2.45) is 28.1 Å². The average molecular weight is 775 g/mol. The van der Waals surface area contributed by atoms with Crippen molar-refractivity contribution in [1.29, 1.82) is 0 Å². The van der Waals surface area contributed by atoms with Crippen molar-refractivity contribution in [3.8, 4) is 5.75 Å². The highest BCUT2D eigenvalue weighted by atomic mass is 16.6. The Morgan fingerprint density at radius 2 is 1.25 bits per heavy atom. The number of non-ortho nitro benzene ring substituents is 1. The molecule has 0 saturated heterocycles. The summed E-state index contributed by atoms with van der Waals surface area (Å²) in [6.45, 7) is 5.08. The summed E-state index contributed by atoms with van der Waals surface area (Å²) in [5.74, 6) is -3.72. The van der Waals surface area contributed by atoms with Gasteiger partial charge in [0, 0.05) is 37.2 Å². The number of carbonyl (C=O) groups is 5. The van der Waals surface area contributed by atoms with Crippen LogP contribution < -0.4 is 43.8 Å². The highest BCUT2D eigenvalue weighted by Gasteiger charge is 2.31. The number of nitro benzene ring substituents is 1. The van der Waals surface area contributed by atoms with Gasteiger partial charge in [-0.2, -0.15) is 0 Å². The first kappa shape index (κ1) is 43.8. The minimum absolute atomic E-state index is 0.00760. The second-order valence-electron chi connectivity index (χ2n) is 13.5. The Hall–Kier alpha value is -6.56. The van der Waals surface area contributed by atoms with E-state index in [1.807, 2.05) is 0 Å². The van der Waals surface area contributed by atoms with Gasteiger partial charge in [0.15, 0.2) is 5.96 Å². The van der Waals surface area contributed by atoms with Gasteiger partial charge in [0.25, 0.3) is 5.69 Å². The molecule has 56 heavy (non-hydrogen) atoms. The van der Waals surface area contributed by atoms with E-state index < -0.39 is 64.7 Å². The van der Waals surface area contributed by atoms with Crippen LogP contribution in [-0.2, 0) is 36.8 Å². The van der Waals surface area contributed by atoms with Gasteiger partial charge < -0.3 is 48.9 Å². The van der Waals surface area contributed by atoms with Gasteiger partial charge in [0.2, 0.25) is 29.5 Å². The number of rotatable bonds is 20. The summed E-state index contributed by atoms with van der Waals surface area (Å²) in [6.07, 6.45) is 0.395. The van der Waals surface area contributed by atoms with E-state index in [4.69, 9.17) is 17.2 Å². The maximum absolute atomic E-state index is 13.9. The molecule has 18 nitrogen and oxygen atoms in total. The number of aliphatic imine (C=N–C) groups is 1. The van der Waals surface area contributed by atoms with E-state index in [0.717, 1.165) is 0 Å². The maximum Gasteiger partial charge on any atom is 0.269 e. The molecule has 0 radical (unpaired) electrons. The van der Waals surface area contributed by atoms with Crippen LogP contribution in [0.1, 0.15) is 44.7 Å². The largest absolute Gasteiger partial charge is 0.508 e. The van der Waals surface area contributed by atoms with E-state index in [1.165, 1.54) is 43.3 Å². The number of phenols is 1. The van der Waals surface area contributed by atoms with Crippen LogP contribution in [0.15, 0.2) is 83.9 Å². The fraction of sp³-hybridized carbons (Fsp3) is 0.368. The van der Waals surface area contributed by atoms with Gasteiger partial charge in [-0.1, -0.05) is 56.3 Å². The highest BCUT2D eigenvalue weighted by Crippen LogP contribution is 2.17. The van der Waals surface area contributed by atoms with Crippen molar-refractivity contribution in [2.75, 3.05) is 11.9 Å². The molecular formula is C38H50N10O8. The molecule has 3 rings (SSSR count). The predicted octanol–water partition coefficient (Wildman–Crippen LogP) is 0.720. The number of phenolic OH excluding ortho intramolecular Hbond substituents is 1. The Balaban J connectivity index is 1.80. The minimum Gasteiger partial charge on any atom is -0.508 e. The third-order valence-corrected chi connectivity index (χ3v) is 8.62. The summed E-state index contributed by atoms with van der Waals surface area (Å²) < 4.78 is 0. The molecule has 300 valence electrons. The standard InChI is InChI=1S/C38H50N10O8/c1-22(2)32(39)37(54)47-31(21-25-11-17-28(49)18-12-25)36(53)46-30(20-24-8-5-4-6-9-24)35(52)43-23(3)33(50)45-29(10-7-19-42-38(40)41)34(51)44-26-13-15-27(16-14-26)48(55)56/h4-6,8-9,11-18,22-23,29-32,49H,7,10,19-21,39H2,1-3H3,(H,43,52)(H,44,51)(H,45,50)(H,46,53)(H,47,54)(H4,40,41,42)/t23-,29-,30-,31-,32-/m0/s1. The van der Waals surface area contributed by atoms with Gasteiger partial charge in [-0.05, 0) is 61.1 Å². The zero-order chi connectivity index (χ0) is 41.4. The number of nitrogens with two attached hydrogens (primary N) is 3. The van der Waals surface area contributed by atoms with Crippen molar-refractivity contribution in [2.45, 2.75) is 76.7 Å². The van der Waals surface area contributed by atoms with E-state index in [1.54, 1.807) is 56.3 Å². The summed E-state index contributed by atoms with van der Waals surface area (Å²) >= 11 is 0. The summed E-state index contributed by atoms with van der Waals surface area (Å²) in [4.78, 5) is 81.9. The van der Waals surface area contributed by atoms with Gasteiger partial charge in [-0.25, -0.2) is 0 Å². The molecule has 0 heterocycles. The van der Waals surface area contributed by atoms with Crippen molar-refractivity contribution < 1.29 is 34.0 Å². The van der Waals surface area contributed by atoms with E-state index in [9.17, 15) is 39.2 Å². The Kier molecular flexibility index (Phi) is 16.7. The molecule has 0 bridgehead atoms. The quantitative estimate of drug-likeness (QED) is 0.0253. The Labute approximate surface area is 324 Å². The summed E-state index contributed by atoms with van der Waals surface area (Å²) in [6, 6.07) is 14.4. The number of benzene rings is 3. The summed E-state index contributed by atoms with van der Waals surface area (Å²) in [5.41, 5.74) is 18.3. The molecule has 0 spiro atoms. The molecule has 0 unspecified atom stereocenters. The number of guanidine groups is 1. The molecule has 0 aliphatic carbocycles. The number of anilines is 1. The van der Waals surface area contributed by atoms with Gasteiger partial charge >= 0.3 is 0 Å². The van der Waals surface area contributed by atoms with Crippen LogP contribution in [0.4, 0.5) is 11.4 Å². The number of nitrogens with zero attached hydrogens (tertiary/aromatic N) is 2. The topological polar surface area (TPSA) is 299 Å². The van der Waals surface area contributed by atoms with Crippen molar-refractivity contribution >= 4 is 46.9 Å². The molecule has 5 atom stereocenters. The molecule has 0 aromatic heterocycles. The first-order valence-corrected chi connectivity index (χ1v) is 17.9. The van der Waals surface area contributed by atoms with E-state index >= 15 is 0 Å². The molecule has 5 amide bonds. The minimum atomic E-state index is -1.22. The van der Waals surface area contributed by atoms with Crippen LogP contribution in [0, 0.1) is 16.0 Å². The van der Waals surface area contributed by atoms with Crippen molar-refractivity contribution in [1.82, 2.24) is 21.3 Å². The lowest BCUT2D eigenvalue weighted by molar-refractivity contribution is -0.384. The molecule has 0 saturated carbocycles. The van der Waals surface area contributed by atoms with Crippen LogP contribution >= 0.6 is 0 Å². The number of nitrogens with one attached hydrogen (secondary N) is 5. The third kappa shape index (κ3) is 14.3. The number of carbonyl (C=O) groups excluding carboxylic acids is 5. The first-order valence-electron chi connectivity index (χ1n) is 17.9. The summed E-state index contributed by atoms with van der Waals surface area (Å²) in [5, 5.41) is 34.1.